The molecule has 0 aliphatic carbocycles. The van der Waals surface area contributed by atoms with Crippen LogP contribution in [0.15, 0.2) is 30.3 Å². The molecule has 0 spiro atoms. The molecule has 2 nitrogen and oxygen atoms in total. The van der Waals surface area contributed by atoms with Crippen LogP contribution in [0.3, 0.4) is 0 Å². The molecular formula is C22H28O2. The zero-order valence-electron chi connectivity index (χ0n) is 15.9. The molecule has 2 aromatic carbocycles. The van der Waals surface area contributed by atoms with E-state index in [4.69, 9.17) is 4.74 Å². The second kappa shape index (κ2) is 6.80. The molecule has 2 heteroatoms. The third-order valence-electron chi connectivity index (χ3n) is 4.31. The van der Waals surface area contributed by atoms with E-state index in [1.54, 1.807) is 0 Å². The quantitative estimate of drug-likeness (QED) is 0.687. The number of aryl methyl sites for hydroxylation is 2. The van der Waals surface area contributed by atoms with E-state index in [9.17, 15) is 4.79 Å². The Morgan fingerprint density at radius 3 is 2.12 bits per heavy atom. The van der Waals surface area contributed by atoms with Gasteiger partial charge in [-0.2, -0.15) is 0 Å². The number of hydrogen-bond donors (Lipinski definition) is 0. The maximum Gasteiger partial charge on any atom is 0.193 e. The number of carbonyl (C=O) groups is 1. The van der Waals surface area contributed by atoms with Crippen LogP contribution < -0.4 is 4.74 Å². The van der Waals surface area contributed by atoms with Crippen molar-refractivity contribution in [2.75, 3.05) is 6.61 Å². The molecule has 0 bridgehead atoms. The molecule has 24 heavy (non-hydrogen) atoms. The van der Waals surface area contributed by atoms with Gasteiger partial charge in [0.2, 0.25) is 0 Å². The van der Waals surface area contributed by atoms with Crippen LogP contribution in [0, 0.1) is 33.1 Å². The molecule has 0 N–H and O–H groups in total. The lowest BCUT2D eigenvalue weighted by molar-refractivity contribution is 0.103. The summed E-state index contributed by atoms with van der Waals surface area (Å²) in [4.78, 5) is 13.0. The number of ketones is 1. The molecule has 0 aliphatic rings. The summed E-state index contributed by atoms with van der Waals surface area (Å²) in [7, 11) is 0. The zero-order chi connectivity index (χ0) is 18.1. The maximum absolute atomic E-state index is 13.0. The van der Waals surface area contributed by atoms with Crippen LogP contribution in [-0.2, 0) is 0 Å². The minimum Gasteiger partial charge on any atom is -0.492 e. The highest BCUT2D eigenvalue weighted by molar-refractivity contribution is 6.11. The fraction of sp³-hybridized carbons (Fsp3) is 0.409. The molecule has 0 saturated carbocycles. The highest BCUT2D eigenvalue weighted by Crippen LogP contribution is 2.31. The molecule has 2 rings (SSSR count). The van der Waals surface area contributed by atoms with Gasteiger partial charge in [-0.25, -0.2) is 0 Å². The lowest BCUT2D eigenvalue weighted by atomic mass is 9.91. The van der Waals surface area contributed by atoms with Gasteiger partial charge >= 0.3 is 0 Å². The first-order valence-electron chi connectivity index (χ1n) is 8.46. The van der Waals surface area contributed by atoms with E-state index in [-0.39, 0.29) is 11.2 Å². The van der Waals surface area contributed by atoms with E-state index in [2.05, 4.69) is 20.8 Å². The van der Waals surface area contributed by atoms with Gasteiger partial charge in [0.15, 0.2) is 5.78 Å². The Morgan fingerprint density at radius 2 is 1.54 bits per heavy atom. The standard InChI is InChI=1S/C22H28O2/c1-14-10-8-9-11-18(14)20(23)19-12-15(2)21(17(4)16(19)3)24-13-22(5,6)7/h8-12H,13H2,1-7H3. The van der Waals surface area contributed by atoms with E-state index < -0.39 is 0 Å². The molecule has 0 aromatic heterocycles. The molecule has 0 unspecified atom stereocenters. The summed E-state index contributed by atoms with van der Waals surface area (Å²) in [5, 5.41) is 0. The molecule has 0 radical (unpaired) electrons. The summed E-state index contributed by atoms with van der Waals surface area (Å²) in [5.41, 5.74) is 5.70. The van der Waals surface area contributed by atoms with Crippen molar-refractivity contribution in [1.82, 2.24) is 0 Å². The zero-order valence-corrected chi connectivity index (χ0v) is 15.9. The first-order chi connectivity index (χ1) is 11.1. The average Bonchev–Trinajstić information content (AvgIpc) is 2.49. The number of ether oxygens (including phenoxy) is 1. The number of rotatable bonds is 4. The van der Waals surface area contributed by atoms with Crippen LogP contribution in [0.4, 0.5) is 0 Å². The third kappa shape index (κ3) is 3.87. The fourth-order valence-electron chi connectivity index (χ4n) is 2.78. The lowest BCUT2D eigenvalue weighted by Crippen LogP contribution is -2.18. The first-order valence-corrected chi connectivity index (χ1v) is 8.46. The minimum atomic E-state index is 0.0826. The third-order valence-corrected chi connectivity index (χ3v) is 4.31. The Kier molecular flexibility index (Phi) is 5.17. The van der Waals surface area contributed by atoms with Crippen LogP contribution in [0.1, 0.15) is 58.9 Å². The highest BCUT2D eigenvalue weighted by atomic mass is 16.5. The summed E-state index contributed by atoms with van der Waals surface area (Å²) >= 11 is 0. The van der Waals surface area contributed by atoms with Crippen molar-refractivity contribution in [2.45, 2.75) is 48.5 Å². The van der Waals surface area contributed by atoms with Gasteiger partial charge in [-0.1, -0.05) is 45.0 Å². The van der Waals surface area contributed by atoms with Crippen molar-refractivity contribution in [1.29, 1.82) is 0 Å². The second-order valence-electron chi connectivity index (χ2n) is 7.81. The van der Waals surface area contributed by atoms with Gasteiger partial charge < -0.3 is 4.74 Å². The predicted molar refractivity (Wildman–Crippen MR) is 100 cm³/mol. The van der Waals surface area contributed by atoms with Gasteiger partial charge in [0.1, 0.15) is 5.75 Å². The molecule has 0 atom stereocenters. The molecule has 2 aromatic rings. The average molecular weight is 324 g/mol. The summed E-state index contributed by atoms with van der Waals surface area (Å²) in [6.07, 6.45) is 0. The van der Waals surface area contributed by atoms with Crippen molar-refractivity contribution in [3.8, 4) is 5.75 Å². The van der Waals surface area contributed by atoms with Crippen molar-refractivity contribution in [3.05, 3.63) is 63.7 Å². The monoisotopic (exact) mass is 324 g/mol. The van der Waals surface area contributed by atoms with E-state index in [0.717, 1.165) is 39.1 Å². The molecule has 128 valence electrons. The van der Waals surface area contributed by atoms with Gasteiger partial charge in [-0.05, 0) is 61.4 Å². The summed E-state index contributed by atoms with van der Waals surface area (Å²) in [5.74, 6) is 0.989. The van der Waals surface area contributed by atoms with Gasteiger partial charge in [0.25, 0.3) is 0 Å². The lowest BCUT2D eigenvalue weighted by Gasteiger charge is -2.22. The predicted octanol–water partition coefficient (Wildman–Crippen LogP) is 5.58. The molecule has 0 fully saturated rings. The fourth-order valence-corrected chi connectivity index (χ4v) is 2.78. The first kappa shape index (κ1) is 18.3. The number of benzene rings is 2. The molecular weight excluding hydrogens is 296 g/mol. The largest absolute Gasteiger partial charge is 0.492 e. The van der Waals surface area contributed by atoms with E-state index in [1.165, 1.54) is 0 Å². The van der Waals surface area contributed by atoms with Crippen LogP contribution >= 0.6 is 0 Å². The van der Waals surface area contributed by atoms with Crippen molar-refractivity contribution in [3.63, 3.8) is 0 Å². The van der Waals surface area contributed by atoms with E-state index in [0.29, 0.717) is 6.61 Å². The number of carbonyl (C=O) groups excluding carboxylic acids is 1. The number of hydrogen-bond acceptors (Lipinski definition) is 2. The van der Waals surface area contributed by atoms with Crippen LogP contribution in [0.25, 0.3) is 0 Å². The highest BCUT2D eigenvalue weighted by Gasteiger charge is 2.20. The summed E-state index contributed by atoms with van der Waals surface area (Å²) < 4.78 is 6.07. The Labute approximate surface area is 145 Å². The smallest absolute Gasteiger partial charge is 0.193 e. The van der Waals surface area contributed by atoms with E-state index in [1.807, 2.05) is 58.0 Å². The van der Waals surface area contributed by atoms with Crippen LogP contribution in [-0.4, -0.2) is 12.4 Å². The van der Waals surface area contributed by atoms with Crippen LogP contribution in [0.2, 0.25) is 0 Å². The Hall–Kier alpha value is -2.09. The van der Waals surface area contributed by atoms with Gasteiger partial charge in [-0.15, -0.1) is 0 Å². The van der Waals surface area contributed by atoms with Gasteiger partial charge in [-0.3, -0.25) is 4.79 Å². The van der Waals surface area contributed by atoms with E-state index >= 15 is 0 Å². The topological polar surface area (TPSA) is 26.3 Å². The summed E-state index contributed by atoms with van der Waals surface area (Å²) in [6.45, 7) is 15.1. The Morgan fingerprint density at radius 1 is 0.917 bits per heavy atom. The SMILES string of the molecule is Cc1ccccc1C(=O)c1cc(C)c(OCC(C)(C)C)c(C)c1C. The Balaban J connectivity index is 2.44. The maximum atomic E-state index is 13.0. The van der Waals surface area contributed by atoms with Crippen LogP contribution in [0.5, 0.6) is 5.75 Å². The van der Waals surface area contributed by atoms with Crippen molar-refractivity contribution < 1.29 is 9.53 Å². The minimum absolute atomic E-state index is 0.0826. The molecule has 0 aliphatic heterocycles. The molecule has 0 saturated heterocycles. The van der Waals surface area contributed by atoms with Gasteiger partial charge in [0.05, 0.1) is 6.61 Å². The second-order valence-corrected chi connectivity index (χ2v) is 7.81. The molecule has 0 amide bonds. The normalized spacial score (nSPS) is 11.5. The molecule has 0 heterocycles. The van der Waals surface area contributed by atoms with Crippen molar-refractivity contribution >= 4 is 5.78 Å². The summed E-state index contributed by atoms with van der Waals surface area (Å²) in [6, 6.07) is 9.71. The van der Waals surface area contributed by atoms with Gasteiger partial charge in [0, 0.05) is 11.1 Å². The Bertz CT molecular complexity index is 764. The van der Waals surface area contributed by atoms with Crippen molar-refractivity contribution in [2.24, 2.45) is 5.41 Å².